The molecule has 19 heavy (non-hydrogen) atoms. The Balaban J connectivity index is 1.94. The Kier molecular flexibility index (Phi) is 4.74. The molecule has 0 fully saturated rings. The highest BCUT2D eigenvalue weighted by atomic mass is 15.2. The van der Waals surface area contributed by atoms with Crippen molar-refractivity contribution < 1.29 is 0 Å². The lowest BCUT2D eigenvalue weighted by Gasteiger charge is -2.18. The number of nitrogens with two attached hydrogens (primary N) is 1. The number of rotatable bonds is 7. The topological polar surface area (TPSA) is 82.9 Å². The molecule has 0 spiro atoms. The Labute approximate surface area is 113 Å². The zero-order chi connectivity index (χ0) is 13.5. The highest BCUT2D eigenvalue weighted by molar-refractivity contribution is 5.47. The van der Waals surface area contributed by atoms with E-state index in [1.54, 1.807) is 6.33 Å². The first-order chi connectivity index (χ1) is 9.29. The number of aromatic nitrogens is 3. The van der Waals surface area contributed by atoms with Crippen molar-refractivity contribution in [2.45, 2.75) is 13.0 Å². The molecule has 0 amide bonds. The molecule has 0 saturated heterocycles. The van der Waals surface area contributed by atoms with E-state index in [4.69, 9.17) is 5.73 Å². The molecule has 0 unspecified atom stereocenters. The fraction of sp³-hybridized carbons (Fsp3) is 0.385. The van der Waals surface area contributed by atoms with E-state index >= 15 is 0 Å². The summed E-state index contributed by atoms with van der Waals surface area (Å²) in [7, 11) is 2.01. The molecular formula is C13H20N6. The summed E-state index contributed by atoms with van der Waals surface area (Å²) in [6, 6.07) is 5.95. The van der Waals surface area contributed by atoms with Gasteiger partial charge in [-0.1, -0.05) is 0 Å². The summed E-state index contributed by atoms with van der Waals surface area (Å²) < 4.78 is 0. The van der Waals surface area contributed by atoms with E-state index in [0.29, 0.717) is 6.54 Å². The molecule has 0 bridgehead atoms. The van der Waals surface area contributed by atoms with Crippen LogP contribution in [-0.4, -0.2) is 35.1 Å². The van der Waals surface area contributed by atoms with Crippen molar-refractivity contribution in [2.75, 3.05) is 30.4 Å². The third-order valence-corrected chi connectivity index (χ3v) is 2.86. The van der Waals surface area contributed by atoms with Crippen LogP contribution in [0, 0.1) is 0 Å². The monoisotopic (exact) mass is 260 g/mol. The maximum atomic E-state index is 5.51. The smallest absolute Gasteiger partial charge is 0.133 e. The first-order valence-electron chi connectivity index (χ1n) is 6.39. The average molecular weight is 260 g/mol. The highest BCUT2D eigenvalue weighted by Gasteiger charge is 2.04. The van der Waals surface area contributed by atoms with Gasteiger partial charge in [-0.2, -0.15) is 0 Å². The molecule has 2 heterocycles. The van der Waals surface area contributed by atoms with Gasteiger partial charge in [0, 0.05) is 31.5 Å². The number of nitrogens with zero attached hydrogens (tertiary/aromatic N) is 3. The van der Waals surface area contributed by atoms with Gasteiger partial charge < -0.3 is 20.9 Å². The van der Waals surface area contributed by atoms with Crippen molar-refractivity contribution in [3.63, 3.8) is 0 Å². The molecule has 0 radical (unpaired) electrons. The lowest BCUT2D eigenvalue weighted by atomic mass is 10.4. The summed E-state index contributed by atoms with van der Waals surface area (Å²) in [5, 5.41) is 3.26. The molecule has 0 aliphatic carbocycles. The van der Waals surface area contributed by atoms with E-state index in [-0.39, 0.29) is 0 Å². The number of hydrogen-bond donors (Lipinski definition) is 3. The van der Waals surface area contributed by atoms with E-state index in [2.05, 4.69) is 25.2 Å². The normalized spacial score (nSPS) is 10.4. The number of hydrogen-bond acceptors (Lipinski definition) is 5. The van der Waals surface area contributed by atoms with E-state index in [9.17, 15) is 0 Å². The largest absolute Gasteiger partial charge is 0.364 e. The van der Waals surface area contributed by atoms with Crippen molar-refractivity contribution in [3.05, 3.63) is 36.4 Å². The molecule has 0 aromatic carbocycles. The number of H-pyrrole nitrogens is 1. The number of nitrogens with one attached hydrogen (secondary N) is 2. The Morgan fingerprint density at radius 2 is 2.32 bits per heavy atom. The predicted octanol–water partition coefficient (Wildman–Crippen LogP) is 1.20. The fourth-order valence-corrected chi connectivity index (χ4v) is 1.76. The van der Waals surface area contributed by atoms with Gasteiger partial charge in [-0.25, -0.2) is 9.97 Å². The molecule has 2 rings (SSSR count). The van der Waals surface area contributed by atoms with Crippen LogP contribution in [0.3, 0.4) is 0 Å². The second-order valence-corrected chi connectivity index (χ2v) is 4.37. The van der Waals surface area contributed by atoms with Gasteiger partial charge in [0.2, 0.25) is 0 Å². The second-order valence-electron chi connectivity index (χ2n) is 4.37. The molecule has 2 aromatic heterocycles. The van der Waals surface area contributed by atoms with Crippen LogP contribution in [0.5, 0.6) is 0 Å². The van der Waals surface area contributed by atoms with Crippen LogP contribution in [0.25, 0.3) is 0 Å². The Morgan fingerprint density at radius 1 is 1.42 bits per heavy atom. The fourth-order valence-electron chi connectivity index (χ4n) is 1.76. The molecule has 0 aliphatic heterocycles. The zero-order valence-corrected chi connectivity index (χ0v) is 11.1. The quantitative estimate of drug-likeness (QED) is 0.697. The van der Waals surface area contributed by atoms with Gasteiger partial charge >= 0.3 is 0 Å². The molecule has 0 atom stereocenters. The average Bonchev–Trinajstić information content (AvgIpc) is 2.96. The molecule has 102 valence electrons. The Bertz CT molecular complexity index is 482. The second kappa shape index (κ2) is 6.75. The van der Waals surface area contributed by atoms with Gasteiger partial charge in [-0.3, -0.25) is 0 Å². The summed E-state index contributed by atoms with van der Waals surface area (Å²) in [5.41, 5.74) is 6.63. The van der Waals surface area contributed by atoms with Crippen LogP contribution in [0.15, 0.2) is 30.7 Å². The molecule has 0 aliphatic rings. The van der Waals surface area contributed by atoms with E-state index < -0.39 is 0 Å². The summed E-state index contributed by atoms with van der Waals surface area (Å²) in [4.78, 5) is 13.7. The molecule has 4 N–H and O–H groups in total. The van der Waals surface area contributed by atoms with Crippen LogP contribution in [0.1, 0.15) is 12.1 Å². The van der Waals surface area contributed by atoms with Gasteiger partial charge in [0.05, 0.1) is 6.54 Å². The summed E-state index contributed by atoms with van der Waals surface area (Å²) in [6.45, 7) is 2.30. The van der Waals surface area contributed by atoms with Crippen molar-refractivity contribution in [3.8, 4) is 0 Å². The van der Waals surface area contributed by atoms with Gasteiger partial charge in [0.25, 0.3) is 0 Å². The van der Waals surface area contributed by atoms with Crippen molar-refractivity contribution >= 4 is 11.6 Å². The van der Waals surface area contributed by atoms with Crippen LogP contribution >= 0.6 is 0 Å². The van der Waals surface area contributed by atoms with Gasteiger partial charge in [0.15, 0.2) is 0 Å². The highest BCUT2D eigenvalue weighted by Crippen LogP contribution is 2.13. The zero-order valence-electron chi connectivity index (χ0n) is 11.1. The van der Waals surface area contributed by atoms with Gasteiger partial charge in [-0.05, 0) is 25.1 Å². The first kappa shape index (κ1) is 13.4. The minimum Gasteiger partial charge on any atom is -0.364 e. The van der Waals surface area contributed by atoms with E-state index in [1.165, 1.54) is 0 Å². The SMILES string of the molecule is CN(CCCN)c1cc(NCc2ccc[nH]2)ncn1. The third-order valence-electron chi connectivity index (χ3n) is 2.86. The van der Waals surface area contributed by atoms with E-state index in [1.807, 2.05) is 31.4 Å². The Hall–Kier alpha value is -2.08. The minimum absolute atomic E-state index is 0.688. The predicted molar refractivity (Wildman–Crippen MR) is 77.1 cm³/mol. The Morgan fingerprint density at radius 3 is 3.05 bits per heavy atom. The summed E-state index contributed by atoms with van der Waals surface area (Å²) >= 11 is 0. The summed E-state index contributed by atoms with van der Waals surface area (Å²) in [5.74, 6) is 1.72. The van der Waals surface area contributed by atoms with E-state index in [0.717, 1.165) is 36.8 Å². The minimum atomic E-state index is 0.688. The molecule has 0 saturated carbocycles. The van der Waals surface area contributed by atoms with Gasteiger partial charge in [-0.15, -0.1) is 0 Å². The first-order valence-corrected chi connectivity index (χ1v) is 6.39. The van der Waals surface area contributed by atoms with Gasteiger partial charge in [0.1, 0.15) is 18.0 Å². The van der Waals surface area contributed by atoms with Crippen LogP contribution in [0.2, 0.25) is 0 Å². The number of aromatic amines is 1. The molecule has 6 heteroatoms. The maximum absolute atomic E-state index is 5.51. The van der Waals surface area contributed by atoms with Crippen molar-refractivity contribution in [2.24, 2.45) is 5.73 Å². The van der Waals surface area contributed by atoms with Crippen LogP contribution in [0.4, 0.5) is 11.6 Å². The standard InChI is InChI=1S/C13H20N6/c1-19(7-3-5-14)13-8-12(17-10-18-13)16-9-11-4-2-6-15-11/h2,4,6,8,10,15H,3,5,7,9,14H2,1H3,(H,16,17,18). The molecule has 6 nitrogen and oxygen atoms in total. The summed E-state index contributed by atoms with van der Waals surface area (Å²) in [6.07, 6.45) is 4.43. The number of anilines is 2. The van der Waals surface area contributed by atoms with Crippen LogP contribution < -0.4 is 16.0 Å². The maximum Gasteiger partial charge on any atom is 0.133 e. The lowest BCUT2D eigenvalue weighted by molar-refractivity contribution is 0.785. The molecule has 2 aromatic rings. The van der Waals surface area contributed by atoms with Crippen molar-refractivity contribution in [1.82, 2.24) is 15.0 Å². The van der Waals surface area contributed by atoms with Crippen molar-refractivity contribution in [1.29, 1.82) is 0 Å². The molecular weight excluding hydrogens is 240 g/mol. The van der Waals surface area contributed by atoms with Crippen LogP contribution in [-0.2, 0) is 6.54 Å². The lowest BCUT2D eigenvalue weighted by Crippen LogP contribution is -2.22. The third kappa shape index (κ3) is 3.96.